The Balaban J connectivity index is 1.73. The van der Waals surface area contributed by atoms with Gasteiger partial charge in [0.2, 0.25) is 0 Å². The third kappa shape index (κ3) is 5.84. The van der Waals surface area contributed by atoms with Crippen molar-refractivity contribution in [2.24, 2.45) is 0 Å². The Morgan fingerprint density at radius 2 is 1.77 bits per heavy atom. The van der Waals surface area contributed by atoms with E-state index in [2.05, 4.69) is 41.4 Å². The predicted molar refractivity (Wildman–Crippen MR) is 126 cm³/mol. The van der Waals surface area contributed by atoms with Gasteiger partial charge in [0.05, 0.1) is 18.2 Å². The fourth-order valence-electron chi connectivity index (χ4n) is 3.46. The third-order valence-corrected chi connectivity index (χ3v) is 5.76. The zero-order valence-corrected chi connectivity index (χ0v) is 18.9. The lowest BCUT2D eigenvalue weighted by Crippen LogP contribution is -2.35. The highest BCUT2D eigenvalue weighted by molar-refractivity contribution is 6.31. The molecule has 0 saturated carbocycles. The van der Waals surface area contributed by atoms with E-state index in [1.165, 1.54) is 16.2 Å². The van der Waals surface area contributed by atoms with Crippen molar-refractivity contribution in [1.29, 1.82) is 0 Å². The van der Waals surface area contributed by atoms with Crippen LogP contribution in [-0.2, 0) is 13.0 Å². The smallest absolute Gasteiger partial charge is 0.252 e. The van der Waals surface area contributed by atoms with Gasteiger partial charge in [-0.25, -0.2) is 0 Å². The summed E-state index contributed by atoms with van der Waals surface area (Å²) >= 11 is 6.22. The van der Waals surface area contributed by atoms with Gasteiger partial charge in [0.15, 0.2) is 0 Å². The summed E-state index contributed by atoms with van der Waals surface area (Å²) in [6, 6.07) is 18.9. The number of carbonyl (C=O) groups excluding carboxylic acids is 1. The first-order valence-corrected chi connectivity index (χ1v) is 10.7. The van der Waals surface area contributed by atoms with Crippen LogP contribution in [0.25, 0.3) is 0 Å². The maximum Gasteiger partial charge on any atom is 0.252 e. The maximum atomic E-state index is 12.8. The molecule has 1 N–H and O–H groups in total. The SMILES string of the molecule is CCc1ccc([C@H](CNC(=O)c2ccc(=O)n(Cc3ccccc3Cl)c2)N(C)C)cc1. The number of aryl methyl sites for hydroxylation is 1. The van der Waals surface area contributed by atoms with Crippen LogP contribution in [0.5, 0.6) is 0 Å². The number of halogens is 1. The molecule has 2 aromatic carbocycles. The van der Waals surface area contributed by atoms with Gasteiger partial charge in [0, 0.05) is 23.8 Å². The summed E-state index contributed by atoms with van der Waals surface area (Å²) in [5.74, 6) is -0.218. The number of benzene rings is 2. The number of carbonyl (C=O) groups is 1. The summed E-state index contributed by atoms with van der Waals surface area (Å²) in [5, 5.41) is 3.60. The molecule has 3 aromatic rings. The van der Waals surface area contributed by atoms with Gasteiger partial charge in [-0.1, -0.05) is 61.0 Å². The zero-order valence-electron chi connectivity index (χ0n) is 18.1. The molecular formula is C25H28ClN3O2. The second kappa shape index (κ2) is 10.4. The highest BCUT2D eigenvalue weighted by Crippen LogP contribution is 2.19. The van der Waals surface area contributed by atoms with Crippen LogP contribution >= 0.6 is 11.6 Å². The fourth-order valence-corrected chi connectivity index (χ4v) is 3.66. The Morgan fingerprint density at radius 3 is 2.42 bits per heavy atom. The summed E-state index contributed by atoms with van der Waals surface area (Å²) in [7, 11) is 3.99. The van der Waals surface area contributed by atoms with Crippen molar-refractivity contribution in [2.45, 2.75) is 25.9 Å². The van der Waals surface area contributed by atoms with Crippen LogP contribution in [0.4, 0.5) is 0 Å². The van der Waals surface area contributed by atoms with Crippen LogP contribution in [0.1, 0.15) is 40.0 Å². The number of nitrogens with zero attached hydrogens (tertiary/aromatic N) is 2. The minimum atomic E-state index is -0.218. The maximum absolute atomic E-state index is 12.8. The van der Waals surface area contributed by atoms with Gasteiger partial charge < -0.3 is 14.8 Å². The molecule has 5 nitrogen and oxygen atoms in total. The normalized spacial score (nSPS) is 12.0. The molecule has 0 saturated heterocycles. The minimum Gasteiger partial charge on any atom is -0.350 e. The molecule has 1 aromatic heterocycles. The fraction of sp³-hybridized carbons (Fsp3) is 0.280. The predicted octanol–water partition coefficient (Wildman–Crippen LogP) is 4.15. The van der Waals surface area contributed by atoms with E-state index in [1.54, 1.807) is 18.3 Å². The molecule has 3 rings (SSSR count). The topological polar surface area (TPSA) is 54.3 Å². The zero-order chi connectivity index (χ0) is 22.4. The van der Waals surface area contributed by atoms with E-state index < -0.39 is 0 Å². The molecule has 0 unspecified atom stereocenters. The number of aromatic nitrogens is 1. The van der Waals surface area contributed by atoms with Crippen molar-refractivity contribution in [3.05, 3.63) is 104 Å². The highest BCUT2D eigenvalue weighted by atomic mass is 35.5. The largest absolute Gasteiger partial charge is 0.350 e. The number of likely N-dealkylation sites (N-methyl/N-ethyl adjacent to an activating group) is 1. The van der Waals surface area contributed by atoms with Crippen molar-refractivity contribution < 1.29 is 4.79 Å². The van der Waals surface area contributed by atoms with Crippen LogP contribution in [0.15, 0.2) is 71.7 Å². The Bertz CT molecular complexity index is 1090. The van der Waals surface area contributed by atoms with Crippen molar-refractivity contribution in [3.8, 4) is 0 Å². The Kier molecular flexibility index (Phi) is 7.66. The first-order chi connectivity index (χ1) is 14.9. The Labute approximate surface area is 188 Å². The van der Waals surface area contributed by atoms with Crippen molar-refractivity contribution >= 4 is 17.5 Å². The number of pyridine rings is 1. The van der Waals surface area contributed by atoms with Crippen LogP contribution in [0, 0.1) is 0 Å². The van der Waals surface area contributed by atoms with Crippen molar-refractivity contribution in [3.63, 3.8) is 0 Å². The molecule has 0 radical (unpaired) electrons. The first-order valence-electron chi connectivity index (χ1n) is 10.4. The van der Waals surface area contributed by atoms with E-state index in [0.717, 1.165) is 17.5 Å². The van der Waals surface area contributed by atoms with Gasteiger partial charge in [-0.05, 0) is 49.3 Å². The van der Waals surface area contributed by atoms with E-state index in [-0.39, 0.29) is 17.5 Å². The van der Waals surface area contributed by atoms with Crippen LogP contribution in [-0.4, -0.2) is 36.0 Å². The molecule has 31 heavy (non-hydrogen) atoms. The average molecular weight is 438 g/mol. The molecule has 0 aliphatic carbocycles. The molecule has 1 heterocycles. The molecule has 0 aliphatic rings. The Morgan fingerprint density at radius 1 is 1.06 bits per heavy atom. The monoisotopic (exact) mass is 437 g/mol. The molecule has 162 valence electrons. The van der Waals surface area contributed by atoms with Gasteiger partial charge in [0.25, 0.3) is 11.5 Å². The van der Waals surface area contributed by atoms with E-state index in [9.17, 15) is 9.59 Å². The standard InChI is InChI=1S/C25H28ClN3O2/c1-4-18-9-11-19(12-10-18)23(28(2)3)15-27-25(31)21-13-14-24(30)29(17-21)16-20-7-5-6-8-22(20)26/h5-14,17,23H,4,15-16H2,1-3H3,(H,27,31)/t23-/m0/s1. The summed E-state index contributed by atoms with van der Waals surface area (Å²) in [6.45, 7) is 2.90. The van der Waals surface area contributed by atoms with Crippen LogP contribution in [0.3, 0.4) is 0 Å². The second-order valence-corrected chi connectivity index (χ2v) is 8.17. The van der Waals surface area contributed by atoms with Crippen LogP contribution < -0.4 is 10.9 Å². The molecular weight excluding hydrogens is 410 g/mol. The lowest BCUT2D eigenvalue weighted by atomic mass is 10.0. The number of rotatable bonds is 8. The number of amides is 1. The Hall–Kier alpha value is -2.89. The van der Waals surface area contributed by atoms with E-state index in [4.69, 9.17) is 11.6 Å². The van der Waals surface area contributed by atoms with Gasteiger partial charge in [-0.2, -0.15) is 0 Å². The van der Waals surface area contributed by atoms with E-state index >= 15 is 0 Å². The van der Waals surface area contributed by atoms with Crippen molar-refractivity contribution in [2.75, 3.05) is 20.6 Å². The number of hydrogen-bond acceptors (Lipinski definition) is 3. The van der Waals surface area contributed by atoms with Gasteiger partial charge in [0.1, 0.15) is 0 Å². The summed E-state index contributed by atoms with van der Waals surface area (Å²) in [4.78, 5) is 27.2. The molecule has 0 aliphatic heterocycles. The highest BCUT2D eigenvalue weighted by Gasteiger charge is 2.16. The second-order valence-electron chi connectivity index (χ2n) is 7.76. The molecule has 1 amide bonds. The molecule has 0 fully saturated rings. The van der Waals surface area contributed by atoms with Gasteiger partial charge in [-0.15, -0.1) is 0 Å². The van der Waals surface area contributed by atoms with Crippen LogP contribution in [0.2, 0.25) is 5.02 Å². The lowest BCUT2D eigenvalue weighted by Gasteiger charge is -2.25. The van der Waals surface area contributed by atoms with Gasteiger partial charge in [-0.3, -0.25) is 9.59 Å². The molecule has 0 spiro atoms. The summed E-state index contributed by atoms with van der Waals surface area (Å²) in [6.07, 6.45) is 2.58. The van der Waals surface area contributed by atoms with E-state index in [1.807, 2.05) is 32.3 Å². The summed E-state index contributed by atoms with van der Waals surface area (Å²) < 4.78 is 1.50. The lowest BCUT2D eigenvalue weighted by molar-refractivity contribution is 0.0941. The molecule has 0 bridgehead atoms. The molecule has 1 atom stereocenters. The number of hydrogen-bond donors (Lipinski definition) is 1. The molecule has 6 heteroatoms. The average Bonchev–Trinajstić information content (AvgIpc) is 2.77. The quantitative estimate of drug-likeness (QED) is 0.576. The van der Waals surface area contributed by atoms with E-state index in [0.29, 0.717) is 23.7 Å². The first kappa shape index (κ1) is 22.8. The number of nitrogens with one attached hydrogen (secondary N) is 1. The van der Waals surface area contributed by atoms with Crippen molar-refractivity contribution in [1.82, 2.24) is 14.8 Å². The summed E-state index contributed by atoms with van der Waals surface area (Å²) in [5.41, 5.74) is 3.51. The van der Waals surface area contributed by atoms with Gasteiger partial charge >= 0.3 is 0 Å². The minimum absolute atomic E-state index is 0.0453. The third-order valence-electron chi connectivity index (χ3n) is 5.40.